The molecule has 1 amide bonds. The molecule has 0 heterocycles. The minimum absolute atomic E-state index is 0.231. The molecule has 4 heteroatoms. The molecule has 0 aliphatic heterocycles. The predicted molar refractivity (Wildman–Crippen MR) is 100 cm³/mol. The molecular weight excluding hydrogens is 334 g/mol. The maximum atomic E-state index is 12.8. The van der Waals surface area contributed by atoms with Gasteiger partial charge in [-0.3, -0.25) is 0 Å². The van der Waals surface area contributed by atoms with Crippen molar-refractivity contribution in [1.29, 1.82) is 0 Å². The van der Waals surface area contributed by atoms with Gasteiger partial charge in [0, 0.05) is 17.6 Å². The van der Waals surface area contributed by atoms with Gasteiger partial charge < -0.3 is 9.64 Å². The van der Waals surface area contributed by atoms with E-state index in [0.717, 1.165) is 24.0 Å². The van der Waals surface area contributed by atoms with Crippen LogP contribution in [0.25, 0.3) is 0 Å². The largest absolute Gasteiger partial charge is 0.445 e. The highest BCUT2D eigenvalue weighted by molar-refractivity contribution is 6.30. The summed E-state index contributed by atoms with van der Waals surface area (Å²) in [5.41, 5.74) is 2.08. The molecule has 2 aromatic carbocycles. The van der Waals surface area contributed by atoms with Crippen LogP contribution in [-0.4, -0.2) is 17.0 Å². The summed E-state index contributed by atoms with van der Waals surface area (Å²) < 4.78 is 5.60. The molecular formula is C21H24ClNO2. The molecule has 0 bridgehead atoms. The molecule has 3 nitrogen and oxygen atoms in total. The smallest absolute Gasteiger partial charge is 0.410 e. The first-order valence-electron chi connectivity index (χ1n) is 8.94. The Labute approximate surface area is 154 Å². The van der Waals surface area contributed by atoms with Crippen molar-refractivity contribution in [2.75, 3.05) is 0 Å². The zero-order valence-electron chi connectivity index (χ0n) is 14.4. The molecule has 3 rings (SSSR count). The highest BCUT2D eigenvalue weighted by Crippen LogP contribution is 2.25. The monoisotopic (exact) mass is 357 g/mol. The average Bonchev–Trinajstić information content (AvgIpc) is 2.67. The lowest BCUT2D eigenvalue weighted by Crippen LogP contribution is -2.41. The Morgan fingerprint density at radius 3 is 2.32 bits per heavy atom. The van der Waals surface area contributed by atoms with Crippen LogP contribution in [-0.2, 0) is 17.9 Å². The highest BCUT2D eigenvalue weighted by atomic mass is 35.5. The summed E-state index contributed by atoms with van der Waals surface area (Å²) in [7, 11) is 0. The second-order valence-electron chi connectivity index (χ2n) is 6.59. The van der Waals surface area contributed by atoms with E-state index in [4.69, 9.17) is 16.3 Å². The summed E-state index contributed by atoms with van der Waals surface area (Å²) in [4.78, 5) is 14.7. The average molecular weight is 358 g/mol. The van der Waals surface area contributed by atoms with Crippen LogP contribution in [0.1, 0.15) is 43.2 Å². The second-order valence-corrected chi connectivity index (χ2v) is 7.02. The van der Waals surface area contributed by atoms with E-state index in [9.17, 15) is 4.79 Å². The lowest BCUT2D eigenvalue weighted by Gasteiger charge is -2.33. The van der Waals surface area contributed by atoms with Gasteiger partial charge in [-0.1, -0.05) is 73.3 Å². The first-order chi connectivity index (χ1) is 12.2. The van der Waals surface area contributed by atoms with Crippen LogP contribution >= 0.6 is 11.6 Å². The molecule has 1 aliphatic carbocycles. The van der Waals surface area contributed by atoms with Crippen LogP contribution in [0.2, 0.25) is 5.02 Å². The third kappa shape index (κ3) is 5.23. The fourth-order valence-corrected chi connectivity index (χ4v) is 3.45. The first kappa shape index (κ1) is 17.8. The van der Waals surface area contributed by atoms with Gasteiger partial charge in [-0.25, -0.2) is 4.79 Å². The maximum absolute atomic E-state index is 12.8. The Bertz CT molecular complexity index is 666. The van der Waals surface area contributed by atoms with E-state index < -0.39 is 0 Å². The minimum atomic E-state index is -0.231. The number of carbonyl (C=O) groups is 1. The molecule has 0 spiro atoms. The lowest BCUT2D eigenvalue weighted by molar-refractivity contribution is 0.0683. The summed E-state index contributed by atoms with van der Waals surface area (Å²) >= 11 is 5.97. The molecule has 0 aromatic heterocycles. The van der Waals surface area contributed by atoms with Gasteiger partial charge in [-0.05, 0) is 36.1 Å². The van der Waals surface area contributed by atoms with E-state index in [0.29, 0.717) is 18.2 Å². The summed E-state index contributed by atoms with van der Waals surface area (Å²) in [5, 5.41) is 0.708. The zero-order valence-corrected chi connectivity index (χ0v) is 15.1. The predicted octanol–water partition coefficient (Wildman–Crippen LogP) is 5.81. The van der Waals surface area contributed by atoms with E-state index in [2.05, 4.69) is 0 Å². The van der Waals surface area contributed by atoms with E-state index in [-0.39, 0.29) is 12.1 Å². The number of halogens is 1. The van der Waals surface area contributed by atoms with E-state index in [1.807, 2.05) is 59.5 Å². The first-order valence-corrected chi connectivity index (χ1v) is 9.32. The van der Waals surface area contributed by atoms with E-state index in [1.54, 1.807) is 0 Å². The molecule has 25 heavy (non-hydrogen) atoms. The molecule has 132 valence electrons. The fourth-order valence-electron chi connectivity index (χ4n) is 3.32. The Morgan fingerprint density at radius 1 is 0.960 bits per heavy atom. The number of hydrogen-bond acceptors (Lipinski definition) is 2. The van der Waals surface area contributed by atoms with Gasteiger partial charge >= 0.3 is 6.09 Å². The standard InChI is InChI=1S/C21H24ClNO2/c22-19-13-11-17(12-14-19)15-23(20-9-5-2-6-10-20)21(24)25-16-18-7-3-1-4-8-18/h1,3-4,7-8,11-14,20H,2,5-6,9-10,15-16H2. The number of benzene rings is 2. The summed E-state index contributed by atoms with van der Waals surface area (Å²) in [6.07, 6.45) is 5.47. The topological polar surface area (TPSA) is 29.5 Å². The summed E-state index contributed by atoms with van der Waals surface area (Å²) in [6.45, 7) is 0.874. The molecule has 1 saturated carbocycles. The maximum Gasteiger partial charge on any atom is 0.410 e. The summed E-state index contributed by atoms with van der Waals surface area (Å²) in [5.74, 6) is 0. The van der Waals surface area contributed by atoms with Gasteiger partial charge in [0.1, 0.15) is 6.61 Å². The number of ether oxygens (including phenoxy) is 1. The Balaban J connectivity index is 1.68. The molecule has 0 saturated heterocycles. The normalized spacial score (nSPS) is 14.9. The van der Waals surface area contributed by atoms with Crippen LogP contribution in [0.3, 0.4) is 0 Å². The zero-order chi connectivity index (χ0) is 17.5. The Kier molecular flexibility index (Phi) is 6.35. The van der Waals surface area contributed by atoms with Crippen molar-refractivity contribution in [3.63, 3.8) is 0 Å². The van der Waals surface area contributed by atoms with Crippen molar-refractivity contribution in [2.45, 2.75) is 51.3 Å². The second kappa shape index (κ2) is 8.91. The third-order valence-corrected chi connectivity index (χ3v) is 4.97. The third-order valence-electron chi connectivity index (χ3n) is 4.72. The van der Waals surface area contributed by atoms with Crippen LogP contribution in [0.15, 0.2) is 54.6 Å². The number of amides is 1. The van der Waals surface area contributed by atoms with Crippen LogP contribution in [0, 0.1) is 0 Å². The lowest BCUT2D eigenvalue weighted by atomic mass is 9.94. The van der Waals surface area contributed by atoms with Gasteiger partial charge in [-0.2, -0.15) is 0 Å². The molecule has 2 aromatic rings. The molecule has 0 N–H and O–H groups in total. The van der Waals surface area contributed by atoms with Gasteiger partial charge in [0.25, 0.3) is 0 Å². The van der Waals surface area contributed by atoms with Crippen LogP contribution < -0.4 is 0 Å². The number of hydrogen-bond donors (Lipinski definition) is 0. The SMILES string of the molecule is O=C(OCc1ccccc1)N(Cc1ccc(Cl)cc1)C1CCCCC1. The van der Waals surface area contributed by atoms with Gasteiger partial charge in [0.2, 0.25) is 0 Å². The summed E-state index contributed by atoms with van der Waals surface area (Å²) in [6, 6.07) is 17.7. The van der Waals surface area contributed by atoms with Crippen molar-refractivity contribution < 1.29 is 9.53 Å². The Morgan fingerprint density at radius 2 is 1.64 bits per heavy atom. The molecule has 0 atom stereocenters. The molecule has 0 radical (unpaired) electrons. The van der Waals surface area contributed by atoms with E-state index in [1.165, 1.54) is 19.3 Å². The molecule has 0 unspecified atom stereocenters. The van der Waals surface area contributed by atoms with Crippen molar-refractivity contribution in [1.82, 2.24) is 4.90 Å². The van der Waals surface area contributed by atoms with Crippen molar-refractivity contribution in [2.24, 2.45) is 0 Å². The van der Waals surface area contributed by atoms with Crippen LogP contribution in [0.5, 0.6) is 0 Å². The van der Waals surface area contributed by atoms with Gasteiger partial charge in [0.15, 0.2) is 0 Å². The van der Waals surface area contributed by atoms with Gasteiger partial charge in [-0.15, -0.1) is 0 Å². The van der Waals surface area contributed by atoms with Crippen molar-refractivity contribution in [3.05, 3.63) is 70.7 Å². The number of rotatable bonds is 5. The molecule has 1 aliphatic rings. The van der Waals surface area contributed by atoms with Crippen molar-refractivity contribution in [3.8, 4) is 0 Å². The Hall–Kier alpha value is -2.00. The minimum Gasteiger partial charge on any atom is -0.445 e. The van der Waals surface area contributed by atoms with Crippen LogP contribution in [0.4, 0.5) is 4.79 Å². The molecule has 1 fully saturated rings. The fraction of sp³-hybridized carbons (Fsp3) is 0.381. The number of nitrogens with zero attached hydrogens (tertiary/aromatic N) is 1. The van der Waals surface area contributed by atoms with E-state index >= 15 is 0 Å². The highest BCUT2D eigenvalue weighted by Gasteiger charge is 2.26. The van der Waals surface area contributed by atoms with Gasteiger partial charge in [0.05, 0.1) is 0 Å². The van der Waals surface area contributed by atoms with Crippen molar-refractivity contribution >= 4 is 17.7 Å². The quantitative estimate of drug-likeness (QED) is 0.675. The number of carbonyl (C=O) groups excluding carboxylic acids is 1.